The van der Waals surface area contributed by atoms with E-state index < -0.39 is 5.97 Å². The first kappa shape index (κ1) is 22.9. The molecule has 0 radical (unpaired) electrons. The van der Waals surface area contributed by atoms with Crippen LogP contribution in [0.5, 0.6) is 0 Å². The maximum absolute atomic E-state index is 11.4. The SMILES string of the molecule is Cc1nc(Nc2nc(N(C)Cc3cccnc3)cc(N3CCC(CO)CC3)n2)sc1C(=O)O. The number of piperidine rings is 1. The molecule has 174 valence electrons. The second-order valence-corrected chi connectivity index (χ2v) is 9.10. The van der Waals surface area contributed by atoms with Crippen LogP contribution in [0.2, 0.25) is 0 Å². The Morgan fingerprint density at radius 2 is 2.09 bits per heavy atom. The van der Waals surface area contributed by atoms with Gasteiger partial charge in [0.25, 0.3) is 0 Å². The summed E-state index contributed by atoms with van der Waals surface area (Å²) in [6.45, 7) is 4.09. The van der Waals surface area contributed by atoms with E-state index in [0.717, 1.165) is 54.5 Å². The lowest BCUT2D eigenvalue weighted by molar-refractivity contribution is 0.0701. The molecule has 1 fully saturated rings. The van der Waals surface area contributed by atoms with Crippen molar-refractivity contribution < 1.29 is 15.0 Å². The van der Waals surface area contributed by atoms with Gasteiger partial charge < -0.3 is 20.0 Å². The Morgan fingerprint density at radius 1 is 1.30 bits per heavy atom. The number of aromatic carboxylic acids is 1. The van der Waals surface area contributed by atoms with Crippen LogP contribution in [0.3, 0.4) is 0 Å². The van der Waals surface area contributed by atoms with Gasteiger partial charge in [-0.1, -0.05) is 17.4 Å². The normalized spacial score (nSPS) is 14.3. The van der Waals surface area contributed by atoms with Crippen molar-refractivity contribution >= 4 is 40.0 Å². The van der Waals surface area contributed by atoms with Gasteiger partial charge in [-0.2, -0.15) is 9.97 Å². The molecule has 0 atom stereocenters. The average molecular weight is 470 g/mol. The van der Waals surface area contributed by atoms with Crippen LogP contribution in [0.1, 0.15) is 33.8 Å². The number of rotatable bonds is 8. The van der Waals surface area contributed by atoms with Crippen LogP contribution in [-0.4, -0.2) is 62.9 Å². The Balaban J connectivity index is 1.62. The number of hydrogen-bond donors (Lipinski definition) is 3. The molecule has 3 aromatic rings. The Kier molecular flexibility index (Phi) is 6.99. The van der Waals surface area contributed by atoms with Crippen LogP contribution >= 0.6 is 11.3 Å². The predicted molar refractivity (Wildman–Crippen MR) is 127 cm³/mol. The number of aromatic nitrogens is 4. The monoisotopic (exact) mass is 469 g/mol. The van der Waals surface area contributed by atoms with E-state index in [1.807, 2.05) is 36.3 Å². The summed E-state index contributed by atoms with van der Waals surface area (Å²) in [5.74, 6) is 1.18. The van der Waals surface area contributed by atoms with Gasteiger partial charge in [-0.3, -0.25) is 10.3 Å². The third-order valence-corrected chi connectivity index (χ3v) is 6.70. The number of aryl methyl sites for hydroxylation is 1. The molecule has 4 rings (SSSR count). The Bertz CT molecular complexity index is 1100. The molecule has 0 amide bonds. The summed E-state index contributed by atoms with van der Waals surface area (Å²) in [4.78, 5) is 33.7. The molecule has 1 saturated heterocycles. The zero-order chi connectivity index (χ0) is 23.4. The summed E-state index contributed by atoms with van der Waals surface area (Å²) >= 11 is 1.06. The molecule has 0 unspecified atom stereocenters. The number of anilines is 4. The minimum Gasteiger partial charge on any atom is -0.477 e. The summed E-state index contributed by atoms with van der Waals surface area (Å²) in [6.07, 6.45) is 5.37. The second-order valence-electron chi connectivity index (χ2n) is 8.10. The van der Waals surface area contributed by atoms with Crippen molar-refractivity contribution in [3.63, 3.8) is 0 Å². The second kappa shape index (κ2) is 10.1. The molecule has 33 heavy (non-hydrogen) atoms. The lowest BCUT2D eigenvalue weighted by Crippen LogP contribution is -2.35. The van der Waals surface area contributed by atoms with Crippen molar-refractivity contribution in [1.82, 2.24) is 19.9 Å². The van der Waals surface area contributed by atoms with Crippen LogP contribution in [0.25, 0.3) is 0 Å². The van der Waals surface area contributed by atoms with Crippen molar-refractivity contribution in [2.24, 2.45) is 5.92 Å². The van der Waals surface area contributed by atoms with Gasteiger partial charge in [0.1, 0.15) is 16.5 Å². The first-order chi connectivity index (χ1) is 15.9. The summed E-state index contributed by atoms with van der Waals surface area (Å²) in [6, 6.07) is 5.87. The van der Waals surface area contributed by atoms with Crippen molar-refractivity contribution in [2.45, 2.75) is 26.3 Å². The summed E-state index contributed by atoms with van der Waals surface area (Å²) in [7, 11) is 1.96. The van der Waals surface area contributed by atoms with Crippen molar-refractivity contribution in [3.05, 3.63) is 46.7 Å². The van der Waals surface area contributed by atoms with Crippen molar-refractivity contribution in [2.75, 3.05) is 41.9 Å². The fourth-order valence-electron chi connectivity index (χ4n) is 3.77. The number of carbonyl (C=O) groups is 1. The molecule has 3 N–H and O–H groups in total. The highest BCUT2D eigenvalue weighted by molar-refractivity contribution is 7.17. The van der Waals surface area contributed by atoms with E-state index >= 15 is 0 Å². The first-order valence-corrected chi connectivity index (χ1v) is 11.6. The highest BCUT2D eigenvalue weighted by atomic mass is 32.1. The molecule has 3 aromatic heterocycles. The molecule has 0 bridgehead atoms. The number of carboxylic acid groups (broad SMARTS) is 1. The predicted octanol–water partition coefficient (Wildman–Crippen LogP) is 2.92. The zero-order valence-electron chi connectivity index (χ0n) is 18.6. The highest BCUT2D eigenvalue weighted by Gasteiger charge is 2.22. The minimum absolute atomic E-state index is 0.189. The standard InChI is InChI=1S/C22H27N7O3S/c1-14-19(20(31)32)33-22(24-14)27-21-25-17(28(2)12-16-4-3-7-23-11-16)10-18(26-21)29-8-5-15(13-30)6-9-29/h3-4,7,10-11,15,30H,5-6,8-9,12-13H2,1-2H3,(H,31,32)(H,24,25,26,27). The smallest absolute Gasteiger partial charge is 0.347 e. The number of carboxylic acids is 1. The molecule has 0 aliphatic carbocycles. The van der Waals surface area contributed by atoms with Gasteiger partial charge in [0.05, 0.1) is 5.69 Å². The lowest BCUT2D eigenvalue weighted by Gasteiger charge is -2.32. The minimum atomic E-state index is -1.00. The molecule has 11 heteroatoms. The van der Waals surface area contributed by atoms with Gasteiger partial charge in [-0.15, -0.1) is 0 Å². The topological polar surface area (TPSA) is 128 Å². The maximum atomic E-state index is 11.4. The molecule has 10 nitrogen and oxygen atoms in total. The Hall–Kier alpha value is -3.31. The van der Waals surface area contributed by atoms with Crippen LogP contribution < -0.4 is 15.1 Å². The third-order valence-electron chi connectivity index (χ3n) is 5.64. The van der Waals surface area contributed by atoms with Gasteiger partial charge in [0.15, 0.2) is 5.13 Å². The number of aliphatic hydroxyl groups is 1. The fraction of sp³-hybridized carbons (Fsp3) is 0.409. The summed E-state index contributed by atoms with van der Waals surface area (Å²) in [5.41, 5.74) is 1.51. The maximum Gasteiger partial charge on any atom is 0.347 e. The van der Waals surface area contributed by atoms with Crippen molar-refractivity contribution in [1.29, 1.82) is 0 Å². The van der Waals surface area contributed by atoms with E-state index in [1.165, 1.54) is 0 Å². The van der Waals surface area contributed by atoms with E-state index in [-0.39, 0.29) is 11.5 Å². The number of nitrogens with one attached hydrogen (secondary N) is 1. The molecular formula is C22H27N7O3S. The molecule has 0 spiro atoms. The Morgan fingerprint density at radius 3 is 2.73 bits per heavy atom. The van der Waals surface area contributed by atoms with E-state index in [2.05, 4.69) is 25.2 Å². The quantitative estimate of drug-likeness (QED) is 0.453. The lowest BCUT2D eigenvalue weighted by atomic mass is 9.98. The fourth-order valence-corrected chi connectivity index (χ4v) is 4.57. The molecule has 0 saturated carbocycles. The summed E-state index contributed by atoms with van der Waals surface area (Å²) < 4.78 is 0. The first-order valence-electron chi connectivity index (χ1n) is 10.8. The zero-order valence-corrected chi connectivity index (χ0v) is 19.4. The molecule has 1 aliphatic rings. The summed E-state index contributed by atoms with van der Waals surface area (Å²) in [5, 5.41) is 22.3. The van der Waals surface area contributed by atoms with E-state index in [4.69, 9.17) is 4.98 Å². The van der Waals surface area contributed by atoms with Crippen LogP contribution in [0.4, 0.5) is 22.7 Å². The van der Waals surface area contributed by atoms with Gasteiger partial charge in [0, 0.05) is 51.7 Å². The number of thiazole rings is 1. The number of pyridine rings is 1. The average Bonchev–Trinajstić information content (AvgIpc) is 3.19. The van der Waals surface area contributed by atoms with Gasteiger partial charge in [-0.25, -0.2) is 9.78 Å². The largest absolute Gasteiger partial charge is 0.477 e. The molecule has 1 aliphatic heterocycles. The van der Waals surface area contributed by atoms with Gasteiger partial charge in [0.2, 0.25) is 5.95 Å². The van der Waals surface area contributed by atoms with Gasteiger partial charge >= 0.3 is 5.97 Å². The highest BCUT2D eigenvalue weighted by Crippen LogP contribution is 2.29. The van der Waals surface area contributed by atoms with Crippen LogP contribution in [-0.2, 0) is 6.54 Å². The third kappa shape index (κ3) is 5.55. The van der Waals surface area contributed by atoms with Crippen molar-refractivity contribution in [3.8, 4) is 0 Å². The number of aliphatic hydroxyl groups excluding tert-OH is 1. The molecular weight excluding hydrogens is 442 g/mol. The van der Waals surface area contributed by atoms with Gasteiger partial charge in [-0.05, 0) is 37.3 Å². The molecule has 0 aromatic carbocycles. The van der Waals surface area contributed by atoms with E-state index in [0.29, 0.717) is 29.2 Å². The number of nitrogens with zero attached hydrogens (tertiary/aromatic N) is 6. The number of hydrogen-bond acceptors (Lipinski definition) is 10. The van der Waals surface area contributed by atoms with Crippen LogP contribution in [0.15, 0.2) is 30.6 Å². The van der Waals surface area contributed by atoms with Crippen LogP contribution in [0, 0.1) is 12.8 Å². The van der Waals surface area contributed by atoms with E-state index in [9.17, 15) is 15.0 Å². The molecule has 4 heterocycles. The van der Waals surface area contributed by atoms with E-state index in [1.54, 1.807) is 13.1 Å². The Labute approximate surface area is 196 Å².